The van der Waals surface area contributed by atoms with Gasteiger partial charge in [-0.2, -0.15) is 0 Å². The van der Waals surface area contributed by atoms with Gasteiger partial charge in [-0.3, -0.25) is 19.8 Å². The van der Waals surface area contributed by atoms with Gasteiger partial charge < -0.3 is 9.64 Å². The number of esters is 1. The number of hydrogen-bond acceptors (Lipinski definition) is 6. The number of carbonyl (C=O) groups excluding carboxylic acids is 2. The first-order chi connectivity index (χ1) is 14.5. The Kier molecular flexibility index (Phi) is 7.29. The molecule has 1 heterocycles. The monoisotopic (exact) mass is 409 g/mol. The molecule has 1 fully saturated rings. The van der Waals surface area contributed by atoms with Gasteiger partial charge in [0.05, 0.1) is 4.92 Å². The molecule has 0 unspecified atom stereocenters. The van der Waals surface area contributed by atoms with Crippen LogP contribution in [-0.4, -0.2) is 59.4 Å². The topological polar surface area (TPSA) is 93.0 Å². The molecular formula is C22H23N3O5. The number of nitrogens with zero attached hydrogens (tertiary/aromatic N) is 3. The van der Waals surface area contributed by atoms with Crippen LogP contribution < -0.4 is 0 Å². The highest BCUT2D eigenvalue weighted by atomic mass is 16.6. The summed E-state index contributed by atoms with van der Waals surface area (Å²) in [6.07, 6.45) is 2.58. The molecule has 0 spiro atoms. The van der Waals surface area contributed by atoms with Gasteiger partial charge in [0.2, 0.25) is 0 Å². The summed E-state index contributed by atoms with van der Waals surface area (Å²) in [6, 6.07) is 16.1. The third-order valence-corrected chi connectivity index (χ3v) is 4.80. The number of non-ortho nitro benzene ring substituents is 1. The molecule has 30 heavy (non-hydrogen) atoms. The van der Waals surface area contributed by atoms with Gasteiger partial charge in [0.25, 0.3) is 11.6 Å². The Morgan fingerprint density at radius 2 is 1.77 bits per heavy atom. The summed E-state index contributed by atoms with van der Waals surface area (Å²) in [6.45, 7) is 3.24. The fourth-order valence-corrected chi connectivity index (χ4v) is 3.18. The zero-order valence-corrected chi connectivity index (χ0v) is 16.5. The normalized spacial score (nSPS) is 14.6. The number of carbonyl (C=O) groups is 2. The Labute approximate surface area is 174 Å². The second-order valence-corrected chi connectivity index (χ2v) is 6.94. The molecule has 0 bridgehead atoms. The highest BCUT2D eigenvalue weighted by Crippen LogP contribution is 2.14. The molecule has 3 rings (SSSR count). The van der Waals surface area contributed by atoms with Crippen molar-refractivity contribution in [3.8, 4) is 0 Å². The van der Waals surface area contributed by atoms with E-state index in [0.717, 1.165) is 25.7 Å². The lowest BCUT2D eigenvalue weighted by Gasteiger charge is -2.34. The highest BCUT2D eigenvalue weighted by molar-refractivity contribution is 5.89. The predicted molar refractivity (Wildman–Crippen MR) is 111 cm³/mol. The molecule has 0 aromatic heterocycles. The molecule has 1 aliphatic rings. The smallest absolute Gasteiger partial charge is 0.331 e. The Balaban J connectivity index is 1.40. The van der Waals surface area contributed by atoms with Crippen LogP contribution in [-0.2, 0) is 20.9 Å². The van der Waals surface area contributed by atoms with E-state index in [1.54, 1.807) is 11.0 Å². The average Bonchev–Trinajstić information content (AvgIpc) is 2.77. The molecule has 1 aliphatic heterocycles. The summed E-state index contributed by atoms with van der Waals surface area (Å²) < 4.78 is 5.01. The number of nitro groups is 1. The molecule has 8 nitrogen and oxygen atoms in total. The Morgan fingerprint density at radius 1 is 1.03 bits per heavy atom. The molecule has 2 aromatic carbocycles. The second-order valence-electron chi connectivity index (χ2n) is 6.94. The maximum absolute atomic E-state index is 12.3. The average molecular weight is 409 g/mol. The molecule has 0 radical (unpaired) electrons. The molecule has 156 valence electrons. The number of piperazine rings is 1. The van der Waals surface area contributed by atoms with Crippen LogP contribution in [0, 0.1) is 10.1 Å². The minimum atomic E-state index is -0.669. The molecular weight excluding hydrogens is 386 g/mol. The van der Waals surface area contributed by atoms with Crippen molar-refractivity contribution in [3.63, 3.8) is 0 Å². The number of amides is 1. The van der Waals surface area contributed by atoms with Gasteiger partial charge in [0, 0.05) is 50.9 Å². The maximum atomic E-state index is 12.3. The molecule has 0 aliphatic carbocycles. The SMILES string of the molecule is O=C(/C=C/c1cccc([N+](=O)[O-])c1)OCC(=O)N1CCN(Cc2ccccc2)CC1. The zero-order chi connectivity index (χ0) is 21.3. The van der Waals surface area contributed by atoms with Crippen LogP contribution in [0.25, 0.3) is 6.08 Å². The maximum Gasteiger partial charge on any atom is 0.331 e. The molecule has 1 amide bonds. The molecule has 0 atom stereocenters. The first kappa shape index (κ1) is 21.2. The van der Waals surface area contributed by atoms with E-state index in [1.165, 1.54) is 29.8 Å². The lowest BCUT2D eigenvalue weighted by Crippen LogP contribution is -2.49. The lowest BCUT2D eigenvalue weighted by molar-refractivity contribution is -0.384. The fraction of sp³-hybridized carbons (Fsp3) is 0.273. The fourth-order valence-electron chi connectivity index (χ4n) is 3.18. The van der Waals surface area contributed by atoms with Crippen molar-refractivity contribution in [3.05, 3.63) is 81.9 Å². The molecule has 0 saturated carbocycles. The number of hydrogen-bond donors (Lipinski definition) is 0. The van der Waals surface area contributed by atoms with E-state index in [1.807, 2.05) is 18.2 Å². The van der Waals surface area contributed by atoms with Crippen LogP contribution >= 0.6 is 0 Å². The van der Waals surface area contributed by atoms with Gasteiger partial charge in [0.1, 0.15) is 0 Å². The van der Waals surface area contributed by atoms with Gasteiger partial charge in [-0.1, -0.05) is 42.5 Å². The van der Waals surface area contributed by atoms with E-state index >= 15 is 0 Å². The van der Waals surface area contributed by atoms with Crippen LogP contribution in [0.3, 0.4) is 0 Å². The Hall–Kier alpha value is -3.52. The van der Waals surface area contributed by atoms with Crippen LogP contribution in [0.2, 0.25) is 0 Å². The van der Waals surface area contributed by atoms with Gasteiger partial charge in [-0.05, 0) is 17.2 Å². The first-order valence-electron chi connectivity index (χ1n) is 9.64. The van der Waals surface area contributed by atoms with Gasteiger partial charge in [-0.15, -0.1) is 0 Å². The molecule has 8 heteroatoms. The van der Waals surface area contributed by atoms with Crippen LogP contribution in [0.4, 0.5) is 5.69 Å². The Bertz CT molecular complexity index is 921. The van der Waals surface area contributed by atoms with Crippen molar-refractivity contribution in [2.24, 2.45) is 0 Å². The van der Waals surface area contributed by atoms with E-state index in [2.05, 4.69) is 17.0 Å². The number of benzene rings is 2. The number of nitro benzene ring substituents is 1. The van der Waals surface area contributed by atoms with Crippen LogP contribution in [0.1, 0.15) is 11.1 Å². The van der Waals surface area contributed by atoms with E-state index in [-0.39, 0.29) is 18.2 Å². The summed E-state index contributed by atoms with van der Waals surface area (Å²) in [5.41, 5.74) is 1.68. The highest BCUT2D eigenvalue weighted by Gasteiger charge is 2.21. The number of ether oxygens (including phenoxy) is 1. The minimum absolute atomic E-state index is 0.0629. The lowest BCUT2D eigenvalue weighted by atomic mass is 10.2. The van der Waals surface area contributed by atoms with E-state index in [0.29, 0.717) is 18.7 Å². The van der Waals surface area contributed by atoms with Crippen molar-refractivity contribution in [1.29, 1.82) is 0 Å². The van der Waals surface area contributed by atoms with Crippen molar-refractivity contribution in [1.82, 2.24) is 9.80 Å². The van der Waals surface area contributed by atoms with Gasteiger partial charge >= 0.3 is 5.97 Å². The largest absolute Gasteiger partial charge is 0.452 e. The zero-order valence-electron chi connectivity index (χ0n) is 16.5. The van der Waals surface area contributed by atoms with Crippen molar-refractivity contribution >= 4 is 23.6 Å². The summed E-state index contributed by atoms with van der Waals surface area (Å²) in [4.78, 5) is 38.4. The molecule has 1 saturated heterocycles. The minimum Gasteiger partial charge on any atom is -0.452 e. The first-order valence-corrected chi connectivity index (χ1v) is 9.64. The van der Waals surface area contributed by atoms with Crippen molar-refractivity contribution in [2.75, 3.05) is 32.8 Å². The van der Waals surface area contributed by atoms with E-state index in [4.69, 9.17) is 4.74 Å². The standard InChI is InChI=1S/C22H23N3O5/c26-21(24-13-11-23(12-14-24)16-19-5-2-1-3-6-19)17-30-22(27)10-9-18-7-4-8-20(15-18)25(28)29/h1-10,15H,11-14,16-17H2/b10-9+. The molecule has 2 aromatic rings. The van der Waals surface area contributed by atoms with Crippen LogP contribution in [0.15, 0.2) is 60.7 Å². The third-order valence-electron chi connectivity index (χ3n) is 4.80. The van der Waals surface area contributed by atoms with Crippen molar-refractivity contribution < 1.29 is 19.2 Å². The summed E-state index contributed by atoms with van der Waals surface area (Å²) in [5.74, 6) is -0.899. The Morgan fingerprint density at radius 3 is 2.47 bits per heavy atom. The second kappa shape index (κ2) is 10.3. The van der Waals surface area contributed by atoms with Gasteiger partial charge in [0.15, 0.2) is 6.61 Å². The quantitative estimate of drug-likeness (QED) is 0.302. The predicted octanol–water partition coefficient (Wildman–Crippen LogP) is 2.50. The summed E-state index contributed by atoms with van der Waals surface area (Å²) >= 11 is 0. The summed E-state index contributed by atoms with van der Waals surface area (Å²) in [7, 11) is 0. The van der Waals surface area contributed by atoms with E-state index in [9.17, 15) is 19.7 Å². The molecule has 0 N–H and O–H groups in total. The van der Waals surface area contributed by atoms with Crippen LogP contribution in [0.5, 0.6) is 0 Å². The van der Waals surface area contributed by atoms with Crippen molar-refractivity contribution in [2.45, 2.75) is 6.54 Å². The van der Waals surface area contributed by atoms with E-state index < -0.39 is 10.9 Å². The third kappa shape index (κ3) is 6.25. The van der Waals surface area contributed by atoms with Gasteiger partial charge in [-0.25, -0.2) is 4.79 Å². The number of rotatable bonds is 7. The summed E-state index contributed by atoms with van der Waals surface area (Å²) in [5, 5.41) is 10.8.